The van der Waals surface area contributed by atoms with Gasteiger partial charge in [-0.05, 0) is 46.9 Å². The van der Waals surface area contributed by atoms with Crippen LogP contribution in [0.3, 0.4) is 0 Å². The van der Waals surface area contributed by atoms with Crippen molar-refractivity contribution in [1.29, 1.82) is 0 Å². The second-order valence-electron chi connectivity index (χ2n) is 3.91. The zero-order chi connectivity index (χ0) is 12.0. The van der Waals surface area contributed by atoms with E-state index in [1.54, 1.807) is 0 Å². The number of amides is 1. The highest BCUT2D eigenvalue weighted by molar-refractivity contribution is 14.1. The molecule has 1 amide bonds. The minimum Gasteiger partial charge on any atom is -0.326 e. The van der Waals surface area contributed by atoms with Gasteiger partial charge in [0.1, 0.15) is 0 Å². The molecule has 0 aliphatic rings. The van der Waals surface area contributed by atoms with Crippen molar-refractivity contribution >= 4 is 34.2 Å². The lowest BCUT2D eigenvalue weighted by Gasteiger charge is -2.08. The Bertz CT molecular complexity index is 335. The van der Waals surface area contributed by atoms with Crippen molar-refractivity contribution in [2.45, 2.75) is 26.3 Å². The molecule has 16 heavy (non-hydrogen) atoms. The third-order valence-electron chi connectivity index (χ3n) is 2.03. The Balaban J connectivity index is 2.31. The molecule has 88 valence electrons. The molecule has 0 saturated heterocycles. The van der Waals surface area contributed by atoms with E-state index in [9.17, 15) is 4.79 Å². The van der Waals surface area contributed by atoms with Gasteiger partial charge < -0.3 is 10.6 Å². The van der Waals surface area contributed by atoms with Gasteiger partial charge in [0, 0.05) is 28.3 Å². The van der Waals surface area contributed by atoms with Gasteiger partial charge in [-0.25, -0.2) is 0 Å². The summed E-state index contributed by atoms with van der Waals surface area (Å²) in [7, 11) is 0. The molecule has 0 aromatic heterocycles. The van der Waals surface area contributed by atoms with Gasteiger partial charge in [0.25, 0.3) is 0 Å². The van der Waals surface area contributed by atoms with E-state index in [-0.39, 0.29) is 5.91 Å². The smallest absolute Gasteiger partial charge is 0.225 e. The van der Waals surface area contributed by atoms with Crippen LogP contribution in [0, 0.1) is 3.57 Å². The van der Waals surface area contributed by atoms with E-state index >= 15 is 0 Å². The summed E-state index contributed by atoms with van der Waals surface area (Å²) in [4.78, 5) is 11.5. The number of nitrogens with one attached hydrogen (secondary N) is 2. The first-order chi connectivity index (χ1) is 7.58. The maximum absolute atomic E-state index is 11.5. The monoisotopic (exact) mass is 332 g/mol. The van der Waals surface area contributed by atoms with E-state index < -0.39 is 0 Å². The maximum atomic E-state index is 11.5. The van der Waals surface area contributed by atoms with Crippen molar-refractivity contribution in [3.8, 4) is 0 Å². The summed E-state index contributed by atoms with van der Waals surface area (Å²) >= 11 is 2.24. The predicted octanol–water partition coefficient (Wildman–Crippen LogP) is 2.62. The van der Waals surface area contributed by atoms with Gasteiger partial charge in [-0.15, -0.1) is 0 Å². The fourth-order valence-electron chi connectivity index (χ4n) is 1.23. The fraction of sp³-hybridized carbons (Fsp3) is 0.417. The first-order valence-electron chi connectivity index (χ1n) is 5.36. The van der Waals surface area contributed by atoms with Crippen molar-refractivity contribution < 1.29 is 4.79 Å². The van der Waals surface area contributed by atoms with Gasteiger partial charge in [-0.3, -0.25) is 4.79 Å². The summed E-state index contributed by atoms with van der Waals surface area (Å²) in [6.07, 6.45) is 0.504. The summed E-state index contributed by atoms with van der Waals surface area (Å²) < 4.78 is 1.16. The lowest BCUT2D eigenvalue weighted by Crippen LogP contribution is -2.27. The minimum atomic E-state index is 0.0503. The van der Waals surface area contributed by atoms with Crippen LogP contribution in [-0.4, -0.2) is 18.5 Å². The lowest BCUT2D eigenvalue weighted by molar-refractivity contribution is -0.116. The fourth-order valence-corrected chi connectivity index (χ4v) is 1.59. The molecule has 0 spiro atoms. The van der Waals surface area contributed by atoms with Crippen LogP contribution in [0.25, 0.3) is 0 Å². The second-order valence-corrected chi connectivity index (χ2v) is 5.16. The van der Waals surface area contributed by atoms with Crippen LogP contribution >= 0.6 is 22.6 Å². The summed E-state index contributed by atoms with van der Waals surface area (Å²) in [6.45, 7) is 4.85. The van der Waals surface area contributed by atoms with Gasteiger partial charge >= 0.3 is 0 Å². The molecule has 0 saturated carbocycles. The number of carbonyl (C=O) groups is 1. The van der Waals surface area contributed by atoms with Crippen molar-refractivity contribution in [2.24, 2.45) is 0 Å². The van der Waals surface area contributed by atoms with Crippen LogP contribution in [0.1, 0.15) is 20.3 Å². The molecular formula is C12H17IN2O. The van der Waals surface area contributed by atoms with Crippen LogP contribution in [0.2, 0.25) is 0 Å². The van der Waals surface area contributed by atoms with Gasteiger partial charge in [-0.1, -0.05) is 13.8 Å². The molecule has 0 aliphatic heterocycles. The average Bonchev–Trinajstić information content (AvgIpc) is 2.21. The lowest BCUT2D eigenvalue weighted by atomic mass is 10.3. The first kappa shape index (κ1) is 13.4. The Labute approximate surface area is 110 Å². The highest BCUT2D eigenvalue weighted by Crippen LogP contribution is 2.11. The van der Waals surface area contributed by atoms with Crippen molar-refractivity contribution in [2.75, 3.05) is 11.9 Å². The van der Waals surface area contributed by atoms with E-state index in [0.717, 1.165) is 9.26 Å². The summed E-state index contributed by atoms with van der Waals surface area (Å²) in [6, 6.07) is 8.20. The molecule has 1 rings (SSSR count). The van der Waals surface area contributed by atoms with Crippen LogP contribution in [-0.2, 0) is 4.79 Å². The highest BCUT2D eigenvalue weighted by atomic mass is 127. The predicted molar refractivity (Wildman–Crippen MR) is 75.5 cm³/mol. The molecule has 2 N–H and O–H groups in total. The van der Waals surface area contributed by atoms with Crippen molar-refractivity contribution in [3.63, 3.8) is 0 Å². The molecule has 4 heteroatoms. The minimum absolute atomic E-state index is 0.0503. The number of benzene rings is 1. The van der Waals surface area contributed by atoms with E-state index in [4.69, 9.17) is 0 Å². The standard InChI is InChI=1S/C12H17IN2O/c1-9(2)14-8-7-12(16)15-11-5-3-10(13)4-6-11/h3-6,9,14H,7-8H2,1-2H3,(H,15,16). The second kappa shape index (κ2) is 6.85. The zero-order valence-corrected chi connectivity index (χ0v) is 11.7. The zero-order valence-electron chi connectivity index (χ0n) is 9.59. The van der Waals surface area contributed by atoms with Crippen LogP contribution in [0.5, 0.6) is 0 Å². The maximum Gasteiger partial charge on any atom is 0.225 e. The summed E-state index contributed by atoms with van der Waals surface area (Å²) in [5.74, 6) is 0.0503. The molecule has 0 radical (unpaired) electrons. The third-order valence-corrected chi connectivity index (χ3v) is 2.75. The van der Waals surface area contributed by atoms with Gasteiger partial charge in [0.15, 0.2) is 0 Å². The van der Waals surface area contributed by atoms with Gasteiger partial charge in [0.2, 0.25) is 5.91 Å². The number of halogens is 1. The topological polar surface area (TPSA) is 41.1 Å². The van der Waals surface area contributed by atoms with E-state index in [2.05, 4.69) is 47.1 Å². The summed E-state index contributed by atoms with van der Waals surface area (Å²) in [5.41, 5.74) is 0.856. The largest absolute Gasteiger partial charge is 0.326 e. The van der Waals surface area contributed by atoms with Gasteiger partial charge in [0.05, 0.1) is 0 Å². The van der Waals surface area contributed by atoms with Crippen LogP contribution in [0.15, 0.2) is 24.3 Å². The third kappa shape index (κ3) is 5.46. The molecule has 0 bridgehead atoms. The Hall–Kier alpha value is -0.620. The molecule has 1 aromatic rings. The molecule has 0 aliphatic carbocycles. The Kier molecular flexibility index (Phi) is 5.76. The van der Waals surface area contributed by atoms with Gasteiger partial charge in [-0.2, -0.15) is 0 Å². The normalized spacial score (nSPS) is 10.5. The first-order valence-corrected chi connectivity index (χ1v) is 6.44. The molecule has 0 fully saturated rings. The van der Waals surface area contributed by atoms with E-state index in [1.165, 1.54) is 0 Å². The quantitative estimate of drug-likeness (QED) is 0.814. The molecule has 0 atom stereocenters. The Morgan fingerprint density at radius 3 is 2.50 bits per heavy atom. The van der Waals surface area contributed by atoms with Crippen molar-refractivity contribution in [3.05, 3.63) is 27.8 Å². The number of carbonyl (C=O) groups excluding carboxylic acids is 1. The number of hydrogen-bond acceptors (Lipinski definition) is 2. The van der Waals surface area contributed by atoms with E-state index in [0.29, 0.717) is 19.0 Å². The van der Waals surface area contributed by atoms with Crippen molar-refractivity contribution in [1.82, 2.24) is 5.32 Å². The molecule has 1 aromatic carbocycles. The van der Waals surface area contributed by atoms with Crippen LogP contribution < -0.4 is 10.6 Å². The van der Waals surface area contributed by atoms with Crippen LogP contribution in [0.4, 0.5) is 5.69 Å². The molecular weight excluding hydrogens is 315 g/mol. The molecule has 0 heterocycles. The average molecular weight is 332 g/mol. The summed E-state index contributed by atoms with van der Waals surface area (Å²) in [5, 5.41) is 6.07. The number of hydrogen-bond donors (Lipinski definition) is 2. The SMILES string of the molecule is CC(C)NCCC(=O)Nc1ccc(I)cc1. The molecule has 0 unspecified atom stereocenters. The number of anilines is 1. The van der Waals surface area contributed by atoms with E-state index in [1.807, 2.05) is 24.3 Å². The highest BCUT2D eigenvalue weighted by Gasteiger charge is 2.02. The molecule has 3 nitrogen and oxygen atoms in total. The number of rotatable bonds is 5. The Morgan fingerprint density at radius 2 is 1.94 bits per heavy atom. The Morgan fingerprint density at radius 1 is 1.31 bits per heavy atom.